The summed E-state index contributed by atoms with van der Waals surface area (Å²) >= 11 is 0. The van der Waals surface area contributed by atoms with Crippen LogP contribution in [0.25, 0.3) is 0 Å². The van der Waals surface area contributed by atoms with Crippen LogP contribution in [0.1, 0.15) is 33.6 Å². The SMILES string of the molecule is CCOC(=O)[C@]1(C)CC(=O)[C@@H](C)C1. The van der Waals surface area contributed by atoms with Gasteiger partial charge in [-0.2, -0.15) is 0 Å². The second-order valence-corrected chi connectivity index (χ2v) is 4.03. The van der Waals surface area contributed by atoms with Gasteiger partial charge in [0.15, 0.2) is 0 Å². The topological polar surface area (TPSA) is 43.4 Å². The van der Waals surface area contributed by atoms with Crippen LogP contribution in [0.4, 0.5) is 0 Å². The molecular weight excluding hydrogens is 168 g/mol. The van der Waals surface area contributed by atoms with Crippen LogP contribution >= 0.6 is 0 Å². The quantitative estimate of drug-likeness (QED) is 0.611. The lowest BCUT2D eigenvalue weighted by atomic mass is 9.88. The minimum absolute atomic E-state index is 0.00871. The highest BCUT2D eigenvalue weighted by molar-refractivity contribution is 5.91. The summed E-state index contributed by atoms with van der Waals surface area (Å²) in [5.41, 5.74) is -0.563. The average molecular weight is 184 g/mol. The molecule has 1 aliphatic rings. The van der Waals surface area contributed by atoms with E-state index in [1.54, 1.807) is 6.92 Å². The number of ether oxygens (including phenoxy) is 1. The number of carbonyl (C=O) groups is 2. The number of carbonyl (C=O) groups excluding carboxylic acids is 2. The van der Waals surface area contributed by atoms with Crippen LogP contribution in [-0.2, 0) is 14.3 Å². The summed E-state index contributed by atoms with van der Waals surface area (Å²) in [4.78, 5) is 22.8. The van der Waals surface area contributed by atoms with E-state index in [0.717, 1.165) is 0 Å². The van der Waals surface area contributed by atoms with Crippen LogP contribution in [0, 0.1) is 11.3 Å². The fourth-order valence-electron chi connectivity index (χ4n) is 1.88. The zero-order chi connectivity index (χ0) is 10.1. The minimum atomic E-state index is -0.563. The van der Waals surface area contributed by atoms with E-state index in [9.17, 15) is 9.59 Å². The molecule has 0 N–H and O–H groups in total. The molecule has 0 spiro atoms. The van der Waals surface area contributed by atoms with Crippen molar-refractivity contribution in [3.05, 3.63) is 0 Å². The summed E-state index contributed by atoms with van der Waals surface area (Å²) in [6.07, 6.45) is 0.970. The van der Waals surface area contributed by atoms with Gasteiger partial charge in [-0.05, 0) is 20.3 Å². The minimum Gasteiger partial charge on any atom is -0.466 e. The molecule has 3 nitrogen and oxygen atoms in total. The molecule has 1 fully saturated rings. The molecule has 3 heteroatoms. The van der Waals surface area contributed by atoms with Crippen LogP contribution in [0.15, 0.2) is 0 Å². The Labute approximate surface area is 78.5 Å². The highest BCUT2D eigenvalue weighted by atomic mass is 16.5. The zero-order valence-corrected chi connectivity index (χ0v) is 8.42. The van der Waals surface area contributed by atoms with Crippen molar-refractivity contribution in [3.8, 4) is 0 Å². The van der Waals surface area contributed by atoms with E-state index >= 15 is 0 Å². The first-order chi connectivity index (χ1) is 5.99. The Morgan fingerprint density at radius 2 is 2.31 bits per heavy atom. The van der Waals surface area contributed by atoms with Gasteiger partial charge < -0.3 is 4.74 Å². The Morgan fingerprint density at radius 1 is 1.69 bits per heavy atom. The van der Waals surface area contributed by atoms with Gasteiger partial charge in [-0.1, -0.05) is 6.92 Å². The third kappa shape index (κ3) is 1.90. The first kappa shape index (κ1) is 10.2. The molecule has 2 atom stereocenters. The van der Waals surface area contributed by atoms with Crippen LogP contribution < -0.4 is 0 Å². The summed E-state index contributed by atoms with van der Waals surface area (Å²) < 4.78 is 4.93. The van der Waals surface area contributed by atoms with E-state index < -0.39 is 5.41 Å². The van der Waals surface area contributed by atoms with Crippen molar-refractivity contribution in [1.29, 1.82) is 0 Å². The van der Waals surface area contributed by atoms with Gasteiger partial charge >= 0.3 is 5.97 Å². The fourth-order valence-corrected chi connectivity index (χ4v) is 1.88. The van der Waals surface area contributed by atoms with Gasteiger partial charge in [0.05, 0.1) is 12.0 Å². The lowest BCUT2D eigenvalue weighted by Crippen LogP contribution is -2.27. The first-order valence-electron chi connectivity index (χ1n) is 4.69. The lowest BCUT2D eigenvalue weighted by Gasteiger charge is -2.19. The Kier molecular flexibility index (Phi) is 2.74. The van der Waals surface area contributed by atoms with E-state index in [0.29, 0.717) is 19.4 Å². The van der Waals surface area contributed by atoms with Crippen LogP contribution in [0.5, 0.6) is 0 Å². The van der Waals surface area contributed by atoms with Crippen molar-refractivity contribution in [2.24, 2.45) is 11.3 Å². The van der Waals surface area contributed by atoms with Gasteiger partial charge in [-0.3, -0.25) is 9.59 Å². The molecule has 0 aromatic rings. The van der Waals surface area contributed by atoms with Crippen molar-refractivity contribution >= 4 is 11.8 Å². The van der Waals surface area contributed by atoms with Crippen molar-refractivity contribution in [3.63, 3.8) is 0 Å². The van der Waals surface area contributed by atoms with E-state index in [2.05, 4.69) is 0 Å². The third-order valence-corrected chi connectivity index (χ3v) is 2.64. The normalized spacial score (nSPS) is 33.5. The number of ketones is 1. The zero-order valence-electron chi connectivity index (χ0n) is 8.42. The number of esters is 1. The molecule has 1 aliphatic carbocycles. The predicted octanol–water partition coefficient (Wildman–Crippen LogP) is 1.55. The Bertz CT molecular complexity index is 234. The first-order valence-corrected chi connectivity index (χ1v) is 4.69. The smallest absolute Gasteiger partial charge is 0.312 e. The van der Waals surface area contributed by atoms with Gasteiger partial charge in [0.1, 0.15) is 5.78 Å². The van der Waals surface area contributed by atoms with Crippen molar-refractivity contribution in [2.75, 3.05) is 6.61 Å². The number of rotatable bonds is 2. The second-order valence-electron chi connectivity index (χ2n) is 4.03. The van der Waals surface area contributed by atoms with E-state index in [4.69, 9.17) is 4.74 Å². The van der Waals surface area contributed by atoms with Crippen molar-refractivity contribution in [1.82, 2.24) is 0 Å². The molecule has 0 saturated heterocycles. The Hall–Kier alpha value is -0.860. The molecule has 1 rings (SSSR count). The molecule has 74 valence electrons. The van der Waals surface area contributed by atoms with Gasteiger partial charge in [-0.15, -0.1) is 0 Å². The lowest BCUT2D eigenvalue weighted by molar-refractivity contribution is -0.154. The Balaban J connectivity index is 2.68. The maximum atomic E-state index is 11.5. The molecule has 0 radical (unpaired) electrons. The highest BCUT2D eigenvalue weighted by Crippen LogP contribution is 2.39. The number of hydrogen-bond donors (Lipinski definition) is 0. The average Bonchev–Trinajstić information content (AvgIpc) is 2.28. The van der Waals surface area contributed by atoms with Gasteiger partial charge in [0, 0.05) is 12.3 Å². The fraction of sp³-hybridized carbons (Fsp3) is 0.800. The molecule has 0 bridgehead atoms. The van der Waals surface area contributed by atoms with E-state index in [1.807, 2.05) is 13.8 Å². The third-order valence-electron chi connectivity index (χ3n) is 2.64. The molecule has 0 aromatic carbocycles. The van der Waals surface area contributed by atoms with Crippen molar-refractivity contribution in [2.45, 2.75) is 33.6 Å². The number of hydrogen-bond acceptors (Lipinski definition) is 3. The molecule has 0 amide bonds. The predicted molar refractivity (Wildman–Crippen MR) is 48.1 cm³/mol. The molecule has 0 aromatic heterocycles. The van der Waals surface area contributed by atoms with Crippen LogP contribution in [0.3, 0.4) is 0 Å². The van der Waals surface area contributed by atoms with E-state index in [1.165, 1.54) is 0 Å². The molecule has 0 heterocycles. The molecule has 1 saturated carbocycles. The molecule has 0 unspecified atom stereocenters. The summed E-state index contributed by atoms with van der Waals surface area (Å²) in [6, 6.07) is 0. The monoisotopic (exact) mass is 184 g/mol. The largest absolute Gasteiger partial charge is 0.466 e. The van der Waals surface area contributed by atoms with Crippen molar-refractivity contribution < 1.29 is 14.3 Å². The Morgan fingerprint density at radius 3 is 2.69 bits per heavy atom. The highest BCUT2D eigenvalue weighted by Gasteiger charge is 2.45. The van der Waals surface area contributed by atoms with Crippen LogP contribution in [0.2, 0.25) is 0 Å². The van der Waals surface area contributed by atoms with Crippen LogP contribution in [-0.4, -0.2) is 18.4 Å². The second kappa shape index (κ2) is 3.48. The van der Waals surface area contributed by atoms with Gasteiger partial charge in [0.25, 0.3) is 0 Å². The standard InChI is InChI=1S/C10H16O3/c1-4-13-9(12)10(3)5-7(2)8(11)6-10/h7H,4-6H2,1-3H3/t7-,10-/m0/s1. The number of Topliss-reactive ketones (excluding diaryl/α,β-unsaturated/α-hetero) is 1. The summed E-state index contributed by atoms with van der Waals surface area (Å²) in [6.45, 7) is 5.84. The maximum absolute atomic E-state index is 11.5. The molecular formula is C10H16O3. The van der Waals surface area contributed by atoms with Gasteiger partial charge in [0.2, 0.25) is 0 Å². The maximum Gasteiger partial charge on any atom is 0.312 e. The molecule has 13 heavy (non-hydrogen) atoms. The summed E-state index contributed by atoms with van der Waals surface area (Å²) in [7, 11) is 0. The van der Waals surface area contributed by atoms with Gasteiger partial charge in [-0.25, -0.2) is 0 Å². The van der Waals surface area contributed by atoms with E-state index in [-0.39, 0.29) is 17.7 Å². The summed E-state index contributed by atoms with van der Waals surface area (Å²) in [5.74, 6) is -0.0438. The molecule has 0 aliphatic heterocycles. The summed E-state index contributed by atoms with van der Waals surface area (Å²) in [5, 5.41) is 0.